The van der Waals surface area contributed by atoms with Crippen molar-refractivity contribution in [3.05, 3.63) is 27.1 Å². The molecule has 4 N–H and O–H groups in total. The van der Waals surface area contributed by atoms with E-state index < -0.39 is 23.3 Å². The summed E-state index contributed by atoms with van der Waals surface area (Å²) in [4.78, 5) is 50.5. The zero-order valence-corrected chi connectivity index (χ0v) is 13.0. The van der Waals surface area contributed by atoms with Crippen LogP contribution >= 0.6 is 11.3 Å². The van der Waals surface area contributed by atoms with Gasteiger partial charge in [0, 0.05) is 6.54 Å². The van der Waals surface area contributed by atoms with Crippen LogP contribution in [-0.2, 0) is 16.1 Å². The fourth-order valence-electron chi connectivity index (χ4n) is 2.03. The van der Waals surface area contributed by atoms with Crippen LogP contribution in [0.1, 0.15) is 21.7 Å². The van der Waals surface area contributed by atoms with Crippen molar-refractivity contribution in [1.29, 1.82) is 0 Å². The maximum absolute atomic E-state index is 12.4. The van der Waals surface area contributed by atoms with Crippen molar-refractivity contribution in [3.63, 3.8) is 0 Å². The molecule has 2 aromatic rings. The minimum atomic E-state index is -1.03. The van der Waals surface area contributed by atoms with E-state index in [1.165, 1.54) is 6.33 Å². The molecule has 23 heavy (non-hydrogen) atoms. The van der Waals surface area contributed by atoms with E-state index in [1.54, 1.807) is 6.92 Å². The van der Waals surface area contributed by atoms with Crippen LogP contribution in [0.2, 0.25) is 0 Å². The lowest BCUT2D eigenvalue weighted by atomic mass is 10.2. The van der Waals surface area contributed by atoms with Crippen LogP contribution in [0.15, 0.2) is 11.1 Å². The van der Waals surface area contributed by atoms with Crippen molar-refractivity contribution in [2.45, 2.75) is 19.9 Å². The molecule has 2 aromatic heterocycles. The van der Waals surface area contributed by atoms with Crippen molar-refractivity contribution in [2.75, 3.05) is 6.54 Å². The van der Waals surface area contributed by atoms with Gasteiger partial charge in [-0.15, -0.1) is 11.3 Å². The highest BCUT2D eigenvalue weighted by Crippen LogP contribution is 2.26. The summed E-state index contributed by atoms with van der Waals surface area (Å²) in [5, 5.41) is 11.2. The van der Waals surface area contributed by atoms with E-state index in [1.807, 2.05) is 0 Å². The van der Waals surface area contributed by atoms with E-state index >= 15 is 0 Å². The largest absolute Gasteiger partial charge is 0.481 e. The van der Waals surface area contributed by atoms with Crippen LogP contribution in [0.25, 0.3) is 10.2 Å². The summed E-state index contributed by atoms with van der Waals surface area (Å²) in [6, 6.07) is 0. The molecule has 9 nitrogen and oxygen atoms in total. The Kier molecular flexibility index (Phi) is 4.74. The number of hydrogen-bond acceptors (Lipinski definition) is 6. The van der Waals surface area contributed by atoms with Gasteiger partial charge in [-0.05, 0) is 12.5 Å². The number of carboxylic acid groups (broad SMARTS) is 1. The zero-order valence-electron chi connectivity index (χ0n) is 12.2. The van der Waals surface area contributed by atoms with Gasteiger partial charge in [0.2, 0.25) is 5.91 Å². The number of carboxylic acids is 1. The number of aromatic nitrogens is 2. The summed E-state index contributed by atoms with van der Waals surface area (Å²) in [6.45, 7) is 1.28. The molecule has 0 aromatic carbocycles. The Morgan fingerprint density at radius 2 is 2.13 bits per heavy atom. The number of amides is 2. The summed E-state index contributed by atoms with van der Waals surface area (Å²) in [7, 11) is 0. The number of carbonyl (C=O) groups is 3. The number of nitrogens with two attached hydrogens (primary N) is 1. The second kappa shape index (κ2) is 6.57. The molecule has 2 rings (SSSR count). The lowest BCUT2D eigenvalue weighted by Crippen LogP contribution is -2.33. The van der Waals surface area contributed by atoms with Gasteiger partial charge in [0.05, 0.1) is 23.0 Å². The number of nitrogens with one attached hydrogen (secondary N) is 1. The molecule has 0 unspecified atom stereocenters. The molecule has 0 radical (unpaired) electrons. The first-order valence-electron chi connectivity index (χ1n) is 6.58. The highest BCUT2D eigenvalue weighted by molar-refractivity contribution is 7.20. The molecule has 2 amide bonds. The third-order valence-corrected chi connectivity index (χ3v) is 4.33. The molecule has 0 spiro atoms. The van der Waals surface area contributed by atoms with Gasteiger partial charge in [-0.3, -0.25) is 23.7 Å². The maximum atomic E-state index is 12.4. The first-order chi connectivity index (χ1) is 10.8. The maximum Gasteiger partial charge on any atom is 0.305 e. The molecule has 0 saturated heterocycles. The quantitative estimate of drug-likeness (QED) is 0.645. The van der Waals surface area contributed by atoms with Crippen molar-refractivity contribution in [1.82, 2.24) is 14.9 Å². The topological polar surface area (TPSA) is 144 Å². The van der Waals surface area contributed by atoms with Gasteiger partial charge in [0.15, 0.2) is 0 Å². The molecule has 0 saturated carbocycles. The average Bonchev–Trinajstić information content (AvgIpc) is 2.79. The number of primary amides is 1. The van der Waals surface area contributed by atoms with Gasteiger partial charge in [-0.25, -0.2) is 4.98 Å². The Morgan fingerprint density at radius 1 is 1.43 bits per heavy atom. The highest BCUT2D eigenvalue weighted by Gasteiger charge is 2.18. The van der Waals surface area contributed by atoms with E-state index in [2.05, 4.69) is 10.3 Å². The van der Waals surface area contributed by atoms with Crippen molar-refractivity contribution in [3.8, 4) is 0 Å². The lowest BCUT2D eigenvalue weighted by molar-refractivity contribution is -0.136. The van der Waals surface area contributed by atoms with Crippen LogP contribution in [0.3, 0.4) is 0 Å². The normalized spacial score (nSPS) is 10.7. The van der Waals surface area contributed by atoms with Crippen molar-refractivity contribution >= 4 is 39.3 Å². The number of nitrogens with zero attached hydrogens (tertiary/aromatic N) is 2. The fraction of sp³-hybridized carbons (Fsp3) is 0.308. The molecule has 0 bridgehead atoms. The molecule has 0 atom stereocenters. The fourth-order valence-corrected chi connectivity index (χ4v) is 3.02. The molecule has 10 heteroatoms. The summed E-state index contributed by atoms with van der Waals surface area (Å²) < 4.78 is 1.10. The lowest BCUT2D eigenvalue weighted by Gasteiger charge is -2.06. The van der Waals surface area contributed by atoms with Crippen LogP contribution in [0.4, 0.5) is 0 Å². The Hall–Kier alpha value is -2.75. The molecule has 122 valence electrons. The standard InChI is InChI=1S/C13H14N4O5S/c1-6-9-12(23-10(6)11(14)21)16-5-17(13(9)22)4-7(18)15-3-2-8(19)20/h5H,2-4H2,1H3,(H2,14,21)(H,15,18)(H,19,20). The minimum Gasteiger partial charge on any atom is -0.481 e. The third-order valence-electron chi connectivity index (χ3n) is 3.12. The number of rotatable bonds is 6. The van der Waals surface area contributed by atoms with Gasteiger partial charge in [-0.1, -0.05) is 0 Å². The van der Waals surface area contributed by atoms with Crippen LogP contribution in [0.5, 0.6) is 0 Å². The van der Waals surface area contributed by atoms with Gasteiger partial charge in [0.1, 0.15) is 11.4 Å². The Morgan fingerprint density at radius 3 is 2.74 bits per heavy atom. The number of aryl methyl sites for hydroxylation is 1. The summed E-state index contributed by atoms with van der Waals surface area (Å²) in [5.74, 6) is -2.17. The summed E-state index contributed by atoms with van der Waals surface area (Å²) in [6.07, 6.45) is 1.01. The molecule has 0 aliphatic rings. The SMILES string of the molecule is Cc1c(C(N)=O)sc2ncn(CC(=O)NCCC(=O)O)c(=O)c12. The Labute approximate surface area is 133 Å². The first kappa shape index (κ1) is 16.6. The second-order valence-electron chi connectivity index (χ2n) is 4.77. The van der Waals surface area contributed by atoms with E-state index in [9.17, 15) is 19.2 Å². The Bertz CT molecular complexity index is 854. The molecule has 0 aliphatic heterocycles. The van der Waals surface area contributed by atoms with Crippen molar-refractivity contribution in [2.24, 2.45) is 5.73 Å². The molecule has 2 heterocycles. The van der Waals surface area contributed by atoms with Gasteiger partial charge in [-0.2, -0.15) is 0 Å². The number of thiophene rings is 1. The van der Waals surface area contributed by atoms with Crippen LogP contribution in [-0.4, -0.2) is 39.0 Å². The van der Waals surface area contributed by atoms with E-state index in [4.69, 9.17) is 10.8 Å². The Balaban J connectivity index is 2.26. The molecule has 0 fully saturated rings. The minimum absolute atomic E-state index is 0.0259. The number of fused-ring (bicyclic) bond motifs is 1. The first-order valence-corrected chi connectivity index (χ1v) is 7.39. The van der Waals surface area contributed by atoms with Gasteiger partial charge >= 0.3 is 5.97 Å². The predicted molar refractivity (Wildman–Crippen MR) is 82.4 cm³/mol. The summed E-state index contributed by atoms with van der Waals surface area (Å²) in [5.41, 5.74) is 5.24. The van der Waals surface area contributed by atoms with Gasteiger partial charge in [0.25, 0.3) is 11.5 Å². The third kappa shape index (κ3) is 3.54. The van der Waals surface area contributed by atoms with Crippen molar-refractivity contribution < 1.29 is 19.5 Å². The second-order valence-corrected chi connectivity index (χ2v) is 5.77. The number of aliphatic carboxylic acids is 1. The molecular weight excluding hydrogens is 324 g/mol. The average molecular weight is 338 g/mol. The monoisotopic (exact) mass is 338 g/mol. The predicted octanol–water partition coefficient (Wildman–Crippen LogP) is -0.544. The smallest absolute Gasteiger partial charge is 0.305 e. The van der Waals surface area contributed by atoms with E-state index in [-0.39, 0.29) is 29.8 Å². The number of hydrogen-bond donors (Lipinski definition) is 3. The molecule has 0 aliphatic carbocycles. The summed E-state index contributed by atoms with van der Waals surface area (Å²) >= 11 is 1.03. The van der Waals surface area contributed by atoms with E-state index in [0.29, 0.717) is 10.4 Å². The zero-order chi connectivity index (χ0) is 17.1. The van der Waals surface area contributed by atoms with Gasteiger partial charge < -0.3 is 16.2 Å². The highest BCUT2D eigenvalue weighted by atomic mass is 32.1. The van der Waals surface area contributed by atoms with Crippen LogP contribution < -0.4 is 16.6 Å². The van der Waals surface area contributed by atoms with Crippen LogP contribution in [0, 0.1) is 6.92 Å². The number of carbonyl (C=O) groups excluding carboxylic acids is 2. The van der Waals surface area contributed by atoms with E-state index in [0.717, 1.165) is 15.9 Å². The molecular formula is C13H14N4O5S.